The van der Waals surface area contributed by atoms with Crippen LogP contribution in [0.5, 0.6) is 0 Å². The standard InChI is InChI=1S/C18H18N4O2S2/c1-20-5-2-3-14(16(20)23)17(24)21-6-8-22(9-7-21)18-19-15(12-26-18)13-4-10-25-11-13/h2-5,10-12H,6-9H2,1H3. The third-order valence-corrected chi connectivity index (χ3v) is 6.08. The number of nitrogens with zero attached hydrogens (tertiary/aromatic N) is 4. The number of rotatable bonds is 3. The molecule has 0 aliphatic carbocycles. The van der Waals surface area contributed by atoms with Crippen molar-refractivity contribution in [3.05, 3.63) is 56.5 Å². The summed E-state index contributed by atoms with van der Waals surface area (Å²) >= 11 is 3.29. The van der Waals surface area contributed by atoms with Gasteiger partial charge in [0.25, 0.3) is 11.5 Å². The van der Waals surface area contributed by atoms with E-state index in [4.69, 9.17) is 4.98 Å². The minimum Gasteiger partial charge on any atom is -0.345 e. The molecule has 0 radical (unpaired) electrons. The molecule has 8 heteroatoms. The molecule has 1 aliphatic heterocycles. The summed E-state index contributed by atoms with van der Waals surface area (Å²) in [6.07, 6.45) is 1.66. The summed E-state index contributed by atoms with van der Waals surface area (Å²) in [4.78, 5) is 33.5. The lowest BCUT2D eigenvalue weighted by atomic mass is 10.2. The van der Waals surface area contributed by atoms with E-state index in [0.717, 1.165) is 29.5 Å². The van der Waals surface area contributed by atoms with Crippen LogP contribution in [-0.4, -0.2) is 46.5 Å². The Morgan fingerprint density at radius 1 is 1.15 bits per heavy atom. The van der Waals surface area contributed by atoms with Gasteiger partial charge in [-0.3, -0.25) is 9.59 Å². The maximum Gasteiger partial charge on any atom is 0.263 e. The molecule has 1 amide bonds. The van der Waals surface area contributed by atoms with Crippen molar-refractivity contribution in [3.63, 3.8) is 0 Å². The highest BCUT2D eigenvalue weighted by Crippen LogP contribution is 2.29. The number of aromatic nitrogens is 2. The molecule has 0 N–H and O–H groups in total. The highest BCUT2D eigenvalue weighted by Gasteiger charge is 2.25. The lowest BCUT2D eigenvalue weighted by Crippen LogP contribution is -2.49. The first-order chi connectivity index (χ1) is 12.6. The van der Waals surface area contributed by atoms with Gasteiger partial charge < -0.3 is 14.4 Å². The van der Waals surface area contributed by atoms with Gasteiger partial charge in [0.05, 0.1) is 5.69 Å². The molecule has 0 aromatic carbocycles. The van der Waals surface area contributed by atoms with Gasteiger partial charge in [-0.1, -0.05) is 0 Å². The number of hydrogen-bond donors (Lipinski definition) is 0. The number of carbonyl (C=O) groups excluding carboxylic acids is 1. The number of thiazole rings is 1. The average Bonchev–Trinajstić information content (AvgIpc) is 3.35. The summed E-state index contributed by atoms with van der Waals surface area (Å²) in [6.45, 7) is 2.61. The molecule has 4 heterocycles. The van der Waals surface area contributed by atoms with Crippen molar-refractivity contribution < 1.29 is 4.79 Å². The number of anilines is 1. The highest BCUT2D eigenvalue weighted by atomic mass is 32.1. The zero-order valence-corrected chi connectivity index (χ0v) is 15.9. The van der Waals surface area contributed by atoms with E-state index in [1.807, 2.05) is 5.38 Å². The monoisotopic (exact) mass is 386 g/mol. The number of amides is 1. The Morgan fingerprint density at radius 3 is 2.69 bits per heavy atom. The van der Waals surface area contributed by atoms with Gasteiger partial charge in [-0.25, -0.2) is 4.98 Å². The van der Waals surface area contributed by atoms with Crippen LogP contribution in [0.25, 0.3) is 11.3 Å². The van der Waals surface area contributed by atoms with Crippen molar-refractivity contribution >= 4 is 33.7 Å². The van der Waals surface area contributed by atoms with Gasteiger partial charge in [-0.15, -0.1) is 11.3 Å². The first-order valence-corrected chi connectivity index (χ1v) is 10.1. The van der Waals surface area contributed by atoms with E-state index in [9.17, 15) is 9.59 Å². The zero-order chi connectivity index (χ0) is 18.1. The summed E-state index contributed by atoms with van der Waals surface area (Å²) in [6, 6.07) is 5.40. The molecule has 0 bridgehead atoms. The second kappa shape index (κ2) is 7.05. The van der Waals surface area contributed by atoms with Gasteiger partial charge in [0.2, 0.25) is 0 Å². The number of thiophene rings is 1. The number of piperazine rings is 1. The Kier molecular flexibility index (Phi) is 4.60. The maximum atomic E-state index is 12.7. The van der Waals surface area contributed by atoms with Crippen LogP contribution in [-0.2, 0) is 7.05 Å². The van der Waals surface area contributed by atoms with Gasteiger partial charge in [0.1, 0.15) is 5.56 Å². The van der Waals surface area contributed by atoms with Crippen LogP contribution >= 0.6 is 22.7 Å². The lowest BCUT2D eigenvalue weighted by Gasteiger charge is -2.34. The predicted octanol–water partition coefficient (Wildman–Crippen LogP) is 2.53. The van der Waals surface area contributed by atoms with Crippen LogP contribution in [0.4, 0.5) is 5.13 Å². The molecule has 3 aromatic heterocycles. The summed E-state index contributed by atoms with van der Waals surface area (Å²) in [5.41, 5.74) is 2.13. The molecular formula is C18H18N4O2S2. The maximum absolute atomic E-state index is 12.7. The van der Waals surface area contributed by atoms with Crippen LogP contribution < -0.4 is 10.5 Å². The lowest BCUT2D eigenvalue weighted by molar-refractivity contribution is 0.0744. The molecule has 4 rings (SSSR count). The topological polar surface area (TPSA) is 58.4 Å². The SMILES string of the molecule is Cn1cccc(C(=O)N2CCN(c3nc(-c4ccsc4)cs3)CC2)c1=O. The number of pyridine rings is 1. The van der Waals surface area contributed by atoms with Crippen LogP contribution in [0.1, 0.15) is 10.4 Å². The molecule has 3 aromatic rings. The smallest absolute Gasteiger partial charge is 0.263 e. The van der Waals surface area contributed by atoms with E-state index < -0.39 is 0 Å². The Labute approximate surface area is 159 Å². The summed E-state index contributed by atoms with van der Waals surface area (Å²) in [5, 5.41) is 7.19. The normalized spacial score (nSPS) is 14.7. The largest absolute Gasteiger partial charge is 0.345 e. The van der Waals surface area contributed by atoms with Crippen LogP contribution in [0.3, 0.4) is 0 Å². The van der Waals surface area contributed by atoms with Crippen molar-refractivity contribution in [2.45, 2.75) is 0 Å². The van der Waals surface area contributed by atoms with Crippen molar-refractivity contribution in [1.29, 1.82) is 0 Å². The Hall–Kier alpha value is -2.45. The van der Waals surface area contributed by atoms with Crippen molar-refractivity contribution in [1.82, 2.24) is 14.5 Å². The molecule has 26 heavy (non-hydrogen) atoms. The van der Waals surface area contributed by atoms with Gasteiger partial charge >= 0.3 is 0 Å². The molecule has 0 unspecified atom stereocenters. The summed E-state index contributed by atoms with van der Waals surface area (Å²) in [7, 11) is 1.66. The van der Waals surface area contributed by atoms with Crippen LogP contribution in [0.15, 0.2) is 45.3 Å². The van der Waals surface area contributed by atoms with Gasteiger partial charge in [0, 0.05) is 55.7 Å². The van der Waals surface area contributed by atoms with E-state index >= 15 is 0 Å². The van der Waals surface area contributed by atoms with Crippen LogP contribution in [0.2, 0.25) is 0 Å². The Bertz CT molecular complexity index is 969. The van der Waals surface area contributed by atoms with E-state index in [0.29, 0.717) is 13.1 Å². The second-order valence-corrected chi connectivity index (χ2v) is 7.76. The summed E-state index contributed by atoms with van der Waals surface area (Å²) < 4.78 is 1.44. The molecule has 0 spiro atoms. The number of carbonyl (C=O) groups is 1. The quantitative estimate of drug-likeness (QED) is 0.694. The minimum atomic E-state index is -0.250. The molecule has 134 valence electrons. The van der Waals surface area contributed by atoms with Crippen molar-refractivity contribution in [2.75, 3.05) is 31.1 Å². The molecular weight excluding hydrogens is 368 g/mol. The van der Waals surface area contributed by atoms with Crippen molar-refractivity contribution in [3.8, 4) is 11.3 Å². The van der Waals surface area contributed by atoms with Gasteiger partial charge in [-0.05, 0) is 23.6 Å². The molecule has 1 fully saturated rings. The van der Waals surface area contributed by atoms with E-state index in [-0.39, 0.29) is 17.0 Å². The molecule has 0 saturated carbocycles. The third-order valence-electron chi connectivity index (χ3n) is 4.50. The molecule has 1 aliphatic rings. The minimum absolute atomic E-state index is 0.191. The average molecular weight is 387 g/mol. The van der Waals surface area contributed by atoms with E-state index in [1.165, 1.54) is 4.57 Å². The number of aryl methyl sites for hydroxylation is 1. The fraction of sp³-hybridized carbons (Fsp3) is 0.278. The van der Waals surface area contributed by atoms with Gasteiger partial charge in [-0.2, -0.15) is 11.3 Å². The second-order valence-electron chi connectivity index (χ2n) is 6.14. The van der Waals surface area contributed by atoms with Crippen molar-refractivity contribution in [2.24, 2.45) is 7.05 Å². The predicted molar refractivity (Wildman–Crippen MR) is 105 cm³/mol. The zero-order valence-electron chi connectivity index (χ0n) is 14.3. The van der Waals surface area contributed by atoms with E-state index in [1.54, 1.807) is 53.0 Å². The fourth-order valence-electron chi connectivity index (χ4n) is 2.98. The third kappa shape index (κ3) is 3.17. The molecule has 1 saturated heterocycles. The molecule has 6 nitrogen and oxygen atoms in total. The summed E-state index contributed by atoms with van der Waals surface area (Å²) in [5.74, 6) is -0.191. The Morgan fingerprint density at radius 2 is 1.96 bits per heavy atom. The first kappa shape index (κ1) is 17.0. The highest BCUT2D eigenvalue weighted by molar-refractivity contribution is 7.14. The first-order valence-electron chi connectivity index (χ1n) is 8.31. The fourth-order valence-corrected chi connectivity index (χ4v) is 4.52. The number of hydrogen-bond acceptors (Lipinski definition) is 6. The molecule has 0 atom stereocenters. The van der Waals surface area contributed by atoms with E-state index in [2.05, 4.69) is 21.7 Å². The van der Waals surface area contributed by atoms with Gasteiger partial charge in [0.15, 0.2) is 5.13 Å². The van der Waals surface area contributed by atoms with Crippen LogP contribution in [0, 0.1) is 0 Å². The Balaban J connectivity index is 1.43.